The van der Waals surface area contributed by atoms with E-state index >= 15 is 0 Å². The molecular formula is C25H32N4O3S2. The molecular weight excluding hydrogens is 468 g/mol. The van der Waals surface area contributed by atoms with Gasteiger partial charge in [0.05, 0.1) is 17.4 Å². The minimum absolute atomic E-state index is 0.0370. The number of imidazole rings is 1. The maximum Gasteiger partial charge on any atom is 0.219 e. The van der Waals surface area contributed by atoms with Gasteiger partial charge >= 0.3 is 0 Å². The van der Waals surface area contributed by atoms with E-state index in [2.05, 4.69) is 58.5 Å². The summed E-state index contributed by atoms with van der Waals surface area (Å²) in [5.41, 5.74) is 9.56. The van der Waals surface area contributed by atoms with Crippen LogP contribution in [0.3, 0.4) is 0 Å². The van der Waals surface area contributed by atoms with Crippen LogP contribution in [0.25, 0.3) is 5.69 Å². The fraction of sp³-hybridized carbons (Fsp3) is 0.320. The number of carbonyl (C=O) groups is 1. The molecule has 7 nitrogen and oxygen atoms in total. The molecule has 0 bridgehead atoms. The van der Waals surface area contributed by atoms with Crippen LogP contribution < -0.4 is 5.73 Å². The van der Waals surface area contributed by atoms with E-state index in [1.54, 1.807) is 13.8 Å². The summed E-state index contributed by atoms with van der Waals surface area (Å²) in [5.74, 6) is -0.214. The van der Waals surface area contributed by atoms with Crippen LogP contribution in [-0.2, 0) is 14.3 Å². The zero-order valence-corrected chi connectivity index (χ0v) is 21.6. The van der Waals surface area contributed by atoms with Gasteiger partial charge in [-0.05, 0) is 76.4 Å². The monoisotopic (exact) mass is 500 g/mol. The average Bonchev–Trinajstić information content (AvgIpc) is 3.27. The lowest BCUT2D eigenvalue weighted by Gasteiger charge is -2.13. The van der Waals surface area contributed by atoms with Gasteiger partial charge in [-0.15, -0.1) is 0 Å². The quantitative estimate of drug-likeness (QED) is 0.241. The second kappa shape index (κ2) is 16.8. The van der Waals surface area contributed by atoms with Crippen molar-refractivity contribution in [1.29, 1.82) is 0 Å². The molecule has 3 rings (SSSR count). The summed E-state index contributed by atoms with van der Waals surface area (Å²) in [6.07, 6.45) is 2.99. The number of ether oxygens (including phenoxy) is 2. The second-order valence-corrected chi connectivity index (χ2v) is 7.49. The van der Waals surface area contributed by atoms with Gasteiger partial charge in [-0.2, -0.15) is 4.99 Å². The van der Waals surface area contributed by atoms with E-state index in [0.717, 1.165) is 16.1 Å². The number of thiocarbonyl (C=S) groups is 1. The molecule has 0 unspecified atom stereocenters. The van der Waals surface area contributed by atoms with Crippen molar-refractivity contribution in [2.24, 2.45) is 10.7 Å². The third-order valence-corrected chi connectivity index (χ3v) is 4.68. The maximum atomic E-state index is 10.9. The van der Waals surface area contributed by atoms with Crippen LogP contribution in [-0.4, -0.2) is 46.5 Å². The molecule has 182 valence electrons. The lowest BCUT2D eigenvalue weighted by atomic mass is 10.2. The summed E-state index contributed by atoms with van der Waals surface area (Å²) >= 11 is 9.56. The van der Waals surface area contributed by atoms with Gasteiger partial charge in [0, 0.05) is 31.3 Å². The Labute approximate surface area is 211 Å². The molecule has 0 saturated carbocycles. The lowest BCUT2D eigenvalue weighted by molar-refractivity contribution is -0.166. The Morgan fingerprint density at radius 1 is 1.06 bits per heavy atom. The number of aromatic amines is 1. The number of ketones is 1. The molecule has 2 aromatic carbocycles. The molecule has 0 atom stereocenters. The molecule has 0 aliphatic rings. The second-order valence-electron chi connectivity index (χ2n) is 6.92. The van der Waals surface area contributed by atoms with Crippen molar-refractivity contribution in [2.75, 3.05) is 19.8 Å². The summed E-state index contributed by atoms with van der Waals surface area (Å²) in [6, 6.07) is 16.1. The zero-order valence-electron chi connectivity index (χ0n) is 20.0. The highest BCUT2D eigenvalue weighted by molar-refractivity contribution is 7.78. The highest BCUT2D eigenvalue weighted by atomic mass is 32.1. The largest absolute Gasteiger partial charge is 0.346 e. The minimum atomic E-state index is -0.769. The third-order valence-electron chi connectivity index (χ3n) is 4.27. The number of H-pyrrole nitrogens is 1. The number of nitrogens with two attached hydrogens (primary N) is 1. The zero-order chi connectivity index (χ0) is 25.3. The number of hydrogen-bond acceptors (Lipinski definition) is 7. The van der Waals surface area contributed by atoms with Crippen molar-refractivity contribution in [2.45, 2.75) is 34.0 Å². The van der Waals surface area contributed by atoms with Crippen molar-refractivity contribution in [1.82, 2.24) is 9.55 Å². The van der Waals surface area contributed by atoms with Gasteiger partial charge in [0.15, 0.2) is 4.77 Å². The van der Waals surface area contributed by atoms with Gasteiger partial charge in [0.25, 0.3) is 0 Å². The Morgan fingerprint density at radius 2 is 1.59 bits per heavy atom. The molecule has 3 N–H and O–H groups in total. The number of aliphatic imine (C=N–C) groups is 1. The SMILES string of the molecule is CCOC(OCC)C(=O)CN.Cc1ccc(-n2cc[nH]c2=S)cc1.Cc1ccc(N=C=S)cc1. The van der Waals surface area contributed by atoms with E-state index in [4.69, 9.17) is 27.4 Å². The van der Waals surface area contributed by atoms with Gasteiger partial charge < -0.3 is 20.2 Å². The van der Waals surface area contributed by atoms with Crippen molar-refractivity contribution < 1.29 is 14.3 Å². The van der Waals surface area contributed by atoms with E-state index in [9.17, 15) is 4.79 Å². The lowest BCUT2D eigenvalue weighted by Crippen LogP contribution is -2.32. The molecule has 0 spiro atoms. The molecule has 0 fully saturated rings. The molecule has 0 saturated heterocycles. The third kappa shape index (κ3) is 10.9. The maximum absolute atomic E-state index is 10.9. The van der Waals surface area contributed by atoms with Crippen LogP contribution in [0.15, 0.2) is 65.9 Å². The van der Waals surface area contributed by atoms with E-state index in [1.807, 2.05) is 48.1 Å². The minimum Gasteiger partial charge on any atom is -0.346 e. The molecule has 0 aliphatic carbocycles. The highest BCUT2D eigenvalue weighted by Crippen LogP contribution is 2.11. The van der Waals surface area contributed by atoms with Crippen LogP contribution in [0.1, 0.15) is 25.0 Å². The fourth-order valence-electron chi connectivity index (χ4n) is 2.53. The van der Waals surface area contributed by atoms with Gasteiger partial charge in [-0.3, -0.25) is 9.36 Å². The summed E-state index contributed by atoms with van der Waals surface area (Å²) in [4.78, 5) is 17.7. The van der Waals surface area contributed by atoms with E-state index in [1.165, 1.54) is 11.1 Å². The average molecular weight is 501 g/mol. The first-order chi connectivity index (χ1) is 16.4. The number of aromatic nitrogens is 2. The van der Waals surface area contributed by atoms with Crippen LogP contribution in [0, 0.1) is 18.6 Å². The number of isothiocyanates is 1. The van der Waals surface area contributed by atoms with Crippen LogP contribution in [0.4, 0.5) is 5.69 Å². The fourth-order valence-corrected chi connectivity index (χ4v) is 2.87. The molecule has 1 heterocycles. The van der Waals surface area contributed by atoms with Crippen LogP contribution in [0.5, 0.6) is 0 Å². The summed E-state index contributed by atoms with van der Waals surface area (Å²) in [5, 5.41) is 2.31. The predicted molar refractivity (Wildman–Crippen MR) is 143 cm³/mol. The smallest absolute Gasteiger partial charge is 0.219 e. The number of aryl methyl sites for hydroxylation is 2. The number of hydrogen-bond donors (Lipinski definition) is 2. The van der Waals surface area contributed by atoms with Gasteiger partial charge in [-0.1, -0.05) is 35.4 Å². The molecule has 3 aromatic rings. The number of benzene rings is 2. The van der Waals surface area contributed by atoms with Crippen molar-refractivity contribution in [3.63, 3.8) is 0 Å². The van der Waals surface area contributed by atoms with Crippen LogP contribution in [0.2, 0.25) is 0 Å². The normalized spacial score (nSPS) is 9.82. The number of rotatable bonds is 8. The summed E-state index contributed by atoms with van der Waals surface area (Å²) < 4.78 is 12.6. The number of carbonyl (C=O) groups excluding carboxylic acids is 1. The standard InChI is InChI=1S/C10H10N2S.C8H7NS.C7H15NO3/c1-8-2-4-9(5-3-8)12-7-6-11-10(12)13;1-7-2-4-8(5-3-7)9-6-10;1-3-10-7(11-4-2)6(9)5-8/h2-7H,1H3,(H,11,13);2-5H,1H3;7H,3-5,8H2,1-2H3. The first kappa shape index (κ1) is 29.3. The molecule has 0 radical (unpaired) electrons. The summed E-state index contributed by atoms with van der Waals surface area (Å²) in [6.45, 7) is 8.58. The molecule has 0 aliphatic heterocycles. The van der Waals surface area contributed by atoms with Gasteiger partial charge in [0.1, 0.15) is 0 Å². The molecule has 1 aromatic heterocycles. The topological polar surface area (TPSA) is 94.6 Å². The Balaban J connectivity index is 0.000000258. The van der Waals surface area contributed by atoms with Gasteiger partial charge in [0.2, 0.25) is 12.1 Å². The Kier molecular flexibility index (Phi) is 14.4. The Hall–Kier alpha value is -2.78. The van der Waals surface area contributed by atoms with E-state index in [-0.39, 0.29) is 12.3 Å². The Bertz CT molecular complexity index is 1080. The number of nitrogens with one attached hydrogen (secondary N) is 1. The van der Waals surface area contributed by atoms with Crippen molar-refractivity contribution in [3.05, 3.63) is 76.8 Å². The molecule has 9 heteroatoms. The van der Waals surface area contributed by atoms with E-state index in [0.29, 0.717) is 13.2 Å². The van der Waals surface area contributed by atoms with Gasteiger partial charge in [-0.25, -0.2) is 0 Å². The van der Waals surface area contributed by atoms with Crippen LogP contribution >= 0.6 is 24.4 Å². The first-order valence-electron chi connectivity index (χ1n) is 10.8. The first-order valence-corrected chi connectivity index (χ1v) is 11.6. The number of nitrogens with zero attached hydrogens (tertiary/aromatic N) is 2. The van der Waals surface area contributed by atoms with Crippen molar-refractivity contribution >= 4 is 41.1 Å². The van der Waals surface area contributed by atoms with Crippen molar-refractivity contribution in [3.8, 4) is 5.69 Å². The molecule has 34 heavy (non-hydrogen) atoms. The Morgan fingerprint density at radius 3 is 2.00 bits per heavy atom. The highest BCUT2D eigenvalue weighted by Gasteiger charge is 2.15. The summed E-state index contributed by atoms with van der Waals surface area (Å²) in [7, 11) is 0. The molecule has 0 amide bonds. The van der Waals surface area contributed by atoms with E-state index < -0.39 is 6.29 Å². The predicted octanol–water partition coefficient (Wildman–Crippen LogP) is 5.49. The number of Topliss-reactive ketones (excluding diaryl/α,β-unsaturated/α-hetero) is 1.